The molecule has 0 amide bonds. The summed E-state index contributed by atoms with van der Waals surface area (Å²) in [6, 6.07) is 13.3. The minimum absolute atomic E-state index is 0.347. The van der Waals surface area contributed by atoms with Crippen LogP contribution in [0.5, 0.6) is 0 Å². The van der Waals surface area contributed by atoms with Gasteiger partial charge in [-0.3, -0.25) is 4.90 Å². The van der Waals surface area contributed by atoms with Crippen LogP contribution < -0.4 is 4.90 Å². The van der Waals surface area contributed by atoms with E-state index in [9.17, 15) is 8.42 Å². The Bertz CT molecular complexity index is 1050. The van der Waals surface area contributed by atoms with E-state index in [4.69, 9.17) is 11.6 Å². The van der Waals surface area contributed by atoms with E-state index in [0.717, 1.165) is 48.6 Å². The SMILES string of the molecule is CS(=O)(=O)c1ccc2c(CN3CCN(c4ccc(Cl)cc4)CC3)c[nH]c2c1. The van der Waals surface area contributed by atoms with E-state index >= 15 is 0 Å². The van der Waals surface area contributed by atoms with Crippen LogP contribution in [0.2, 0.25) is 5.02 Å². The van der Waals surface area contributed by atoms with Crippen molar-refractivity contribution in [3.63, 3.8) is 0 Å². The molecule has 7 heteroatoms. The van der Waals surface area contributed by atoms with Gasteiger partial charge in [-0.25, -0.2) is 8.42 Å². The first-order valence-corrected chi connectivity index (χ1v) is 11.2. The summed E-state index contributed by atoms with van der Waals surface area (Å²) in [4.78, 5) is 8.37. The summed E-state index contributed by atoms with van der Waals surface area (Å²) < 4.78 is 23.5. The van der Waals surface area contributed by atoms with Crippen LogP contribution in [0.4, 0.5) is 5.69 Å². The van der Waals surface area contributed by atoms with Gasteiger partial charge in [0.2, 0.25) is 0 Å². The molecule has 0 radical (unpaired) electrons. The lowest BCUT2D eigenvalue weighted by Gasteiger charge is -2.36. The van der Waals surface area contributed by atoms with Crippen LogP contribution in [-0.2, 0) is 16.4 Å². The summed E-state index contributed by atoms with van der Waals surface area (Å²) in [7, 11) is -3.19. The molecule has 2 aromatic carbocycles. The Balaban J connectivity index is 1.44. The fraction of sp³-hybridized carbons (Fsp3) is 0.300. The molecule has 4 rings (SSSR count). The number of fused-ring (bicyclic) bond motifs is 1. The average Bonchev–Trinajstić information content (AvgIpc) is 3.05. The predicted molar refractivity (Wildman–Crippen MR) is 110 cm³/mol. The molecule has 1 fully saturated rings. The van der Waals surface area contributed by atoms with Gasteiger partial charge in [0.05, 0.1) is 4.90 Å². The van der Waals surface area contributed by atoms with Gasteiger partial charge >= 0.3 is 0 Å². The van der Waals surface area contributed by atoms with Crippen molar-refractivity contribution < 1.29 is 8.42 Å². The van der Waals surface area contributed by atoms with Crippen LogP contribution in [-0.4, -0.2) is 50.7 Å². The summed E-state index contributed by atoms with van der Waals surface area (Å²) in [5, 5.41) is 1.85. The molecule has 1 aliphatic rings. The highest BCUT2D eigenvalue weighted by Gasteiger charge is 2.19. The summed E-state index contributed by atoms with van der Waals surface area (Å²) >= 11 is 5.97. The zero-order valence-corrected chi connectivity index (χ0v) is 16.7. The number of rotatable bonds is 4. The van der Waals surface area contributed by atoms with E-state index < -0.39 is 9.84 Å². The van der Waals surface area contributed by atoms with E-state index in [2.05, 4.69) is 26.9 Å². The van der Waals surface area contributed by atoms with Gasteiger partial charge in [-0.1, -0.05) is 17.7 Å². The highest BCUT2D eigenvalue weighted by molar-refractivity contribution is 7.90. The number of nitrogens with zero attached hydrogens (tertiary/aromatic N) is 2. The Kier molecular flexibility index (Phi) is 4.88. The fourth-order valence-electron chi connectivity index (χ4n) is 3.58. The summed E-state index contributed by atoms with van der Waals surface area (Å²) in [6.07, 6.45) is 3.22. The van der Waals surface area contributed by atoms with Crippen LogP contribution in [0.3, 0.4) is 0 Å². The lowest BCUT2D eigenvalue weighted by atomic mass is 10.1. The maximum atomic E-state index is 11.7. The molecule has 1 aromatic heterocycles. The van der Waals surface area contributed by atoms with Crippen molar-refractivity contribution in [2.75, 3.05) is 37.3 Å². The molecule has 2 heterocycles. The second kappa shape index (κ2) is 7.19. The van der Waals surface area contributed by atoms with Gasteiger partial charge in [0.1, 0.15) is 0 Å². The van der Waals surface area contributed by atoms with Crippen LogP contribution in [0.15, 0.2) is 53.6 Å². The van der Waals surface area contributed by atoms with Crippen molar-refractivity contribution in [2.45, 2.75) is 11.4 Å². The smallest absolute Gasteiger partial charge is 0.175 e. The standard InChI is InChI=1S/C20H22ClN3O2S/c1-27(25,26)18-6-7-19-15(13-22-20(19)12-18)14-23-8-10-24(11-9-23)17-4-2-16(21)3-5-17/h2-7,12-13,22H,8-11,14H2,1H3. The molecule has 0 bridgehead atoms. The van der Waals surface area contributed by atoms with E-state index in [0.29, 0.717) is 4.90 Å². The number of H-pyrrole nitrogens is 1. The van der Waals surface area contributed by atoms with E-state index in [-0.39, 0.29) is 0 Å². The topological polar surface area (TPSA) is 56.4 Å². The first-order chi connectivity index (χ1) is 12.9. The van der Waals surface area contributed by atoms with Gasteiger partial charge in [0.25, 0.3) is 0 Å². The Labute approximate surface area is 164 Å². The molecule has 0 saturated carbocycles. The molecule has 5 nitrogen and oxygen atoms in total. The maximum absolute atomic E-state index is 11.7. The molecular weight excluding hydrogens is 382 g/mol. The zero-order valence-electron chi connectivity index (χ0n) is 15.2. The highest BCUT2D eigenvalue weighted by atomic mass is 35.5. The molecule has 27 heavy (non-hydrogen) atoms. The summed E-state index contributed by atoms with van der Waals surface area (Å²) in [5.74, 6) is 0. The van der Waals surface area contributed by atoms with Gasteiger partial charge in [-0.05, 0) is 42.0 Å². The third kappa shape index (κ3) is 3.98. The highest BCUT2D eigenvalue weighted by Crippen LogP contribution is 2.24. The number of piperazine rings is 1. The Morgan fingerprint density at radius 3 is 2.41 bits per heavy atom. The summed E-state index contributed by atoms with van der Waals surface area (Å²) in [6.45, 7) is 4.77. The Morgan fingerprint density at radius 2 is 1.74 bits per heavy atom. The van der Waals surface area contributed by atoms with E-state index in [1.54, 1.807) is 12.1 Å². The number of halogens is 1. The number of aromatic amines is 1. The van der Waals surface area contributed by atoms with Crippen LogP contribution in [0.1, 0.15) is 5.56 Å². The normalized spacial score (nSPS) is 16.1. The lowest BCUT2D eigenvalue weighted by molar-refractivity contribution is 0.250. The largest absolute Gasteiger partial charge is 0.369 e. The lowest BCUT2D eigenvalue weighted by Crippen LogP contribution is -2.45. The minimum Gasteiger partial charge on any atom is -0.369 e. The number of hydrogen-bond acceptors (Lipinski definition) is 4. The van der Waals surface area contributed by atoms with Crippen molar-refractivity contribution in [1.29, 1.82) is 0 Å². The number of anilines is 1. The number of benzene rings is 2. The molecule has 0 unspecified atom stereocenters. The number of aromatic nitrogens is 1. The zero-order chi connectivity index (χ0) is 19.0. The van der Waals surface area contributed by atoms with E-state index in [1.807, 2.05) is 24.4 Å². The van der Waals surface area contributed by atoms with Crippen molar-refractivity contribution >= 4 is 38.0 Å². The van der Waals surface area contributed by atoms with Gasteiger partial charge in [0.15, 0.2) is 9.84 Å². The fourth-order valence-corrected chi connectivity index (χ4v) is 4.36. The number of sulfone groups is 1. The summed E-state index contributed by atoms with van der Waals surface area (Å²) in [5.41, 5.74) is 3.28. The number of nitrogens with one attached hydrogen (secondary N) is 1. The van der Waals surface area contributed by atoms with Crippen molar-refractivity contribution in [3.05, 3.63) is 59.2 Å². The van der Waals surface area contributed by atoms with Crippen molar-refractivity contribution in [2.24, 2.45) is 0 Å². The molecule has 1 saturated heterocycles. The van der Waals surface area contributed by atoms with Crippen molar-refractivity contribution in [3.8, 4) is 0 Å². The molecular formula is C20H22ClN3O2S. The Hall–Kier alpha value is -2.02. The first kappa shape index (κ1) is 18.3. The third-order valence-electron chi connectivity index (χ3n) is 5.13. The van der Waals surface area contributed by atoms with Crippen LogP contribution in [0.25, 0.3) is 10.9 Å². The monoisotopic (exact) mass is 403 g/mol. The minimum atomic E-state index is -3.19. The molecule has 3 aromatic rings. The molecule has 0 aliphatic carbocycles. The van der Waals surface area contributed by atoms with Crippen LogP contribution in [0, 0.1) is 0 Å². The van der Waals surface area contributed by atoms with E-state index in [1.165, 1.54) is 17.5 Å². The second-order valence-electron chi connectivity index (χ2n) is 7.03. The van der Waals surface area contributed by atoms with Gasteiger partial charge in [-0.15, -0.1) is 0 Å². The van der Waals surface area contributed by atoms with Crippen LogP contribution >= 0.6 is 11.6 Å². The van der Waals surface area contributed by atoms with Gasteiger partial charge < -0.3 is 9.88 Å². The predicted octanol–water partition coefficient (Wildman–Crippen LogP) is 3.55. The molecule has 142 valence electrons. The van der Waals surface area contributed by atoms with Gasteiger partial charge in [-0.2, -0.15) is 0 Å². The maximum Gasteiger partial charge on any atom is 0.175 e. The molecule has 0 atom stereocenters. The quantitative estimate of drug-likeness (QED) is 0.723. The molecule has 1 aliphatic heterocycles. The van der Waals surface area contributed by atoms with Gasteiger partial charge in [0, 0.05) is 66.8 Å². The third-order valence-corrected chi connectivity index (χ3v) is 6.49. The molecule has 0 spiro atoms. The molecule has 1 N–H and O–H groups in total. The average molecular weight is 404 g/mol. The Morgan fingerprint density at radius 1 is 1.04 bits per heavy atom. The van der Waals surface area contributed by atoms with Crippen molar-refractivity contribution in [1.82, 2.24) is 9.88 Å². The second-order valence-corrected chi connectivity index (χ2v) is 9.49. The first-order valence-electron chi connectivity index (χ1n) is 8.93. The number of hydrogen-bond donors (Lipinski definition) is 1.